The Labute approximate surface area is 280 Å². The summed E-state index contributed by atoms with van der Waals surface area (Å²) in [6, 6.07) is 0. The molecule has 44 heavy (non-hydrogen) atoms. The summed E-state index contributed by atoms with van der Waals surface area (Å²) in [6.45, 7) is 5.16. The highest BCUT2D eigenvalue weighted by Crippen LogP contribution is 2.16. The maximum Gasteiger partial charge on any atom is 0.0431 e. The van der Waals surface area contributed by atoms with Crippen LogP contribution in [0.5, 0.6) is 0 Å². The van der Waals surface area contributed by atoms with Gasteiger partial charge in [-0.15, -0.1) is 0 Å². The fourth-order valence-electron chi connectivity index (χ4n) is 6.82. The van der Waals surface area contributed by atoms with Crippen molar-refractivity contribution in [3.63, 3.8) is 0 Å². The molecule has 0 atom stereocenters. The molecular formula is C42H87NO. The van der Waals surface area contributed by atoms with Crippen molar-refractivity contribution >= 4 is 0 Å². The van der Waals surface area contributed by atoms with Gasteiger partial charge in [-0.05, 0) is 32.4 Å². The Hall–Kier alpha value is -0.0800. The van der Waals surface area contributed by atoms with E-state index in [0.717, 1.165) is 6.42 Å². The van der Waals surface area contributed by atoms with E-state index < -0.39 is 0 Å². The Morgan fingerprint density at radius 1 is 0.250 bits per heavy atom. The van der Waals surface area contributed by atoms with E-state index in [-0.39, 0.29) is 0 Å². The number of aliphatic hydroxyl groups is 1. The molecule has 0 spiro atoms. The van der Waals surface area contributed by atoms with Crippen LogP contribution < -0.4 is 5.32 Å². The van der Waals surface area contributed by atoms with Gasteiger partial charge in [-0.3, -0.25) is 0 Å². The van der Waals surface area contributed by atoms with Crippen LogP contribution >= 0.6 is 0 Å². The van der Waals surface area contributed by atoms with Gasteiger partial charge >= 0.3 is 0 Å². The van der Waals surface area contributed by atoms with Crippen LogP contribution in [-0.2, 0) is 0 Å². The first kappa shape index (κ1) is 43.9. The molecular weight excluding hydrogens is 534 g/mol. The topological polar surface area (TPSA) is 32.3 Å². The Kier molecular flexibility index (Phi) is 42.8. The standard InChI is InChI=1S/C42H87NO/c1-2-3-4-5-6-7-8-9-10-11-16-19-22-25-28-31-34-37-40-43-41-38-35-32-29-26-23-20-17-14-12-13-15-18-21-24-27-30-33-36-39-42-44/h43-44H,2-42H2,1H3. The summed E-state index contributed by atoms with van der Waals surface area (Å²) in [6.07, 6.45) is 54.3. The van der Waals surface area contributed by atoms with Gasteiger partial charge in [0, 0.05) is 6.61 Å². The smallest absolute Gasteiger partial charge is 0.0431 e. The molecule has 0 aromatic carbocycles. The van der Waals surface area contributed by atoms with E-state index in [9.17, 15) is 0 Å². The van der Waals surface area contributed by atoms with Gasteiger partial charge in [-0.1, -0.05) is 232 Å². The van der Waals surface area contributed by atoms with E-state index in [1.165, 1.54) is 251 Å². The third kappa shape index (κ3) is 41.9. The van der Waals surface area contributed by atoms with Crippen molar-refractivity contribution in [1.29, 1.82) is 0 Å². The predicted molar refractivity (Wildman–Crippen MR) is 201 cm³/mol. The molecule has 2 nitrogen and oxygen atoms in total. The molecule has 0 saturated heterocycles. The van der Waals surface area contributed by atoms with Crippen LogP contribution in [-0.4, -0.2) is 24.8 Å². The average Bonchev–Trinajstić information content (AvgIpc) is 3.04. The second kappa shape index (κ2) is 42.9. The zero-order chi connectivity index (χ0) is 31.7. The van der Waals surface area contributed by atoms with Crippen molar-refractivity contribution in [2.45, 2.75) is 251 Å². The van der Waals surface area contributed by atoms with E-state index in [1.54, 1.807) is 0 Å². The lowest BCUT2D eigenvalue weighted by Crippen LogP contribution is -2.16. The Morgan fingerprint density at radius 2 is 0.432 bits per heavy atom. The van der Waals surface area contributed by atoms with Crippen LogP contribution in [0.1, 0.15) is 251 Å². The zero-order valence-corrected chi connectivity index (χ0v) is 30.9. The summed E-state index contributed by atoms with van der Waals surface area (Å²) in [5, 5.41) is 12.5. The van der Waals surface area contributed by atoms with Crippen molar-refractivity contribution in [3.05, 3.63) is 0 Å². The molecule has 0 bridgehead atoms. The summed E-state index contributed by atoms with van der Waals surface area (Å²) in [4.78, 5) is 0. The molecule has 2 N–H and O–H groups in total. The minimum Gasteiger partial charge on any atom is -0.396 e. The van der Waals surface area contributed by atoms with Crippen molar-refractivity contribution in [2.75, 3.05) is 19.7 Å². The van der Waals surface area contributed by atoms with Crippen molar-refractivity contribution in [1.82, 2.24) is 5.32 Å². The fourth-order valence-corrected chi connectivity index (χ4v) is 6.82. The molecule has 0 amide bonds. The number of aliphatic hydroxyl groups excluding tert-OH is 1. The SMILES string of the molecule is CCCCCCCCCCCCCCCCCCCCNCCCCCCCCCCCCCCCCCCCCCCO. The van der Waals surface area contributed by atoms with Crippen molar-refractivity contribution in [3.8, 4) is 0 Å². The highest BCUT2D eigenvalue weighted by Gasteiger charge is 1.97. The monoisotopic (exact) mass is 622 g/mol. The summed E-state index contributed by atoms with van der Waals surface area (Å²) in [7, 11) is 0. The second-order valence-corrected chi connectivity index (χ2v) is 14.6. The van der Waals surface area contributed by atoms with Crippen LogP contribution in [0.4, 0.5) is 0 Å². The highest BCUT2D eigenvalue weighted by atomic mass is 16.2. The Balaban J connectivity index is 3.03. The van der Waals surface area contributed by atoms with Gasteiger partial charge in [0.15, 0.2) is 0 Å². The summed E-state index contributed by atoms with van der Waals surface area (Å²) >= 11 is 0. The molecule has 0 heterocycles. The Morgan fingerprint density at radius 3 is 0.636 bits per heavy atom. The minimum atomic E-state index is 0.373. The quantitative estimate of drug-likeness (QED) is 0.0666. The lowest BCUT2D eigenvalue weighted by atomic mass is 10.0. The van der Waals surface area contributed by atoms with E-state index in [1.807, 2.05) is 0 Å². The molecule has 2 heteroatoms. The van der Waals surface area contributed by atoms with Crippen LogP contribution in [0, 0.1) is 0 Å². The molecule has 0 aliphatic heterocycles. The summed E-state index contributed by atoms with van der Waals surface area (Å²) in [5.41, 5.74) is 0. The molecule has 0 unspecified atom stereocenters. The first-order valence-electron chi connectivity index (χ1n) is 21.2. The van der Waals surface area contributed by atoms with Gasteiger partial charge in [0.1, 0.15) is 0 Å². The zero-order valence-electron chi connectivity index (χ0n) is 30.9. The first-order chi connectivity index (χ1) is 21.9. The highest BCUT2D eigenvalue weighted by molar-refractivity contribution is 4.54. The minimum absolute atomic E-state index is 0.373. The second-order valence-electron chi connectivity index (χ2n) is 14.6. The van der Waals surface area contributed by atoms with Crippen LogP contribution in [0.25, 0.3) is 0 Å². The van der Waals surface area contributed by atoms with E-state index in [4.69, 9.17) is 5.11 Å². The molecule has 0 saturated carbocycles. The largest absolute Gasteiger partial charge is 0.396 e. The number of rotatable bonds is 41. The lowest BCUT2D eigenvalue weighted by Gasteiger charge is -2.06. The fraction of sp³-hybridized carbons (Fsp3) is 1.00. The van der Waals surface area contributed by atoms with Gasteiger partial charge in [0.2, 0.25) is 0 Å². The van der Waals surface area contributed by atoms with E-state index in [0.29, 0.717) is 6.61 Å². The summed E-state index contributed by atoms with van der Waals surface area (Å²) < 4.78 is 0. The van der Waals surface area contributed by atoms with E-state index >= 15 is 0 Å². The molecule has 0 aromatic heterocycles. The van der Waals surface area contributed by atoms with Crippen LogP contribution in [0.3, 0.4) is 0 Å². The maximum absolute atomic E-state index is 8.80. The molecule has 0 fully saturated rings. The van der Waals surface area contributed by atoms with Crippen molar-refractivity contribution in [2.24, 2.45) is 0 Å². The molecule has 0 aliphatic carbocycles. The van der Waals surface area contributed by atoms with E-state index in [2.05, 4.69) is 12.2 Å². The van der Waals surface area contributed by atoms with Gasteiger partial charge < -0.3 is 10.4 Å². The third-order valence-electron chi connectivity index (χ3n) is 9.97. The molecule has 266 valence electrons. The predicted octanol–water partition coefficient (Wildman–Crippen LogP) is 14.4. The first-order valence-corrected chi connectivity index (χ1v) is 21.2. The number of unbranched alkanes of at least 4 members (excludes halogenated alkanes) is 36. The maximum atomic E-state index is 8.80. The number of nitrogens with one attached hydrogen (secondary N) is 1. The van der Waals surface area contributed by atoms with Gasteiger partial charge in [0.05, 0.1) is 0 Å². The van der Waals surface area contributed by atoms with Crippen LogP contribution in [0.2, 0.25) is 0 Å². The molecule has 0 aliphatic rings. The molecule has 0 aromatic rings. The Bertz CT molecular complexity index is 425. The summed E-state index contributed by atoms with van der Waals surface area (Å²) in [5.74, 6) is 0. The third-order valence-corrected chi connectivity index (χ3v) is 9.97. The average molecular weight is 622 g/mol. The van der Waals surface area contributed by atoms with Crippen molar-refractivity contribution < 1.29 is 5.11 Å². The normalized spacial score (nSPS) is 11.6. The van der Waals surface area contributed by atoms with Crippen LogP contribution in [0.15, 0.2) is 0 Å². The van der Waals surface area contributed by atoms with Gasteiger partial charge in [-0.25, -0.2) is 0 Å². The van der Waals surface area contributed by atoms with Gasteiger partial charge in [0.25, 0.3) is 0 Å². The number of hydrogen-bond donors (Lipinski definition) is 2. The molecule has 0 radical (unpaired) electrons. The molecule has 0 rings (SSSR count). The lowest BCUT2D eigenvalue weighted by molar-refractivity contribution is 0.282. The van der Waals surface area contributed by atoms with Gasteiger partial charge in [-0.2, -0.15) is 0 Å². The number of hydrogen-bond acceptors (Lipinski definition) is 2.